The van der Waals surface area contributed by atoms with Crippen LogP contribution in [0.15, 0.2) is 84.1 Å². The molecule has 1 aliphatic rings. The van der Waals surface area contributed by atoms with Gasteiger partial charge in [0.05, 0.1) is 44.1 Å². The standard InChI is InChI=1S/C28H32N2O4/c1-6-8-9-12-19(7-2)24-18-22(21-13-10-11-14-23(21)30-24)28(31)29-20-15-16-25(32-3)27(34-5)26(17-20)33-4/h6-14,17-18,20H,15-16H2,1-5H3,(H,29,31)/b8-6-,12-9-,19-7+. The van der Waals surface area contributed by atoms with Crippen molar-refractivity contribution in [3.63, 3.8) is 0 Å². The van der Waals surface area contributed by atoms with Gasteiger partial charge in [0, 0.05) is 11.8 Å². The molecule has 1 N–H and O–H groups in total. The predicted octanol–water partition coefficient (Wildman–Crippen LogP) is 5.70. The van der Waals surface area contributed by atoms with Gasteiger partial charge in [0.25, 0.3) is 5.91 Å². The summed E-state index contributed by atoms with van der Waals surface area (Å²) in [5.41, 5.74) is 3.02. The number of allylic oxidation sites excluding steroid dienone is 7. The van der Waals surface area contributed by atoms with Gasteiger partial charge < -0.3 is 19.5 Å². The molecule has 2 aromatic rings. The van der Waals surface area contributed by atoms with Crippen LogP contribution in [0.3, 0.4) is 0 Å². The molecule has 0 saturated carbocycles. The molecule has 1 atom stereocenters. The summed E-state index contributed by atoms with van der Waals surface area (Å²) in [5.74, 6) is 1.59. The maximum absolute atomic E-state index is 13.5. The number of aromatic nitrogens is 1. The lowest BCUT2D eigenvalue weighted by atomic mass is 10.0. The minimum Gasteiger partial charge on any atom is -0.497 e. The number of hydrogen-bond acceptors (Lipinski definition) is 5. The molecule has 0 radical (unpaired) electrons. The Kier molecular flexibility index (Phi) is 8.68. The van der Waals surface area contributed by atoms with Gasteiger partial charge in [0.2, 0.25) is 0 Å². The quantitative estimate of drug-likeness (QED) is 0.512. The van der Waals surface area contributed by atoms with Crippen LogP contribution in [-0.4, -0.2) is 38.3 Å². The van der Waals surface area contributed by atoms with E-state index in [1.165, 1.54) is 0 Å². The van der Waals surface area contributed by atoms with E-state index in [4.69, 9.17) is 19.2 Å². The van der Waals surface area contributed by atoms with Gasteiger partial charge >= 0.3 is 0 Å². The van der Waals surface area contributed by atoms with Gasteiger partial charge in [-0.1, -0.05) is 48.6 Å². The van der Waals surface area contributed by atoms with E-state index in [0.29, 0.717) is 35.7 Å². The van der Waals surface area contributed by atoms with Crippen molar-refractivity contribution in [3.8, 4) is 0 Å². The van der Waals surface area contributed by atoms with Gasteiger partial charge in [0.1, 0.15) is 5.76 Å². The molecule has 1 aromatic carbocycles. The number of fused-ring (bicyclic) bond motifs is 1. The molecule has 1 unspecified atom stereocenters. The van der Waals surface area contributed by atoms with Crippen molar-refractivity contribution in [2.45, 2.75) is 32.7 Å². The summed E-state index contributed by atoms with van der Waals surface area (Å²) >= 11 is 0. The van der Waals surface area contributed by atoms with E-state index in [2.05, 4.69) is 5.32 Å². The molecular weight excluding hydrogens is 428 g/mol. The number of rotatable bonds is 8. The maximum atomic E-state index is 13.5. The van der Waals surface area contributed by atoms with E-state index < -0.39 is 0 Å². The van der Waals surface area contributed by atoms with Crippen LogP contribution in [0.4, 0.5) is 0 Å². The number of amides is 1. The summed E-state index contributed by atoms with van der Waals surface area (Å²) in [6, 6.07) is 9.28. The number of nitrogens with zero attached hydrogens (tertiary/aromatic N) is 1. The second kappa shape index (κ2) is 11.9. The monoisotopic (exact) mass is 460 g/mol. The largest absolute Gasteiger partial charge is 0.497 e. The smallest absolute Gasteiger partial charge is 0.252 e. The highest BCUT2D eigenvalue weighted by Crippen LogP contribution is 2.27. The van der Waals surface area contributed by atoms with Crippen molar-refractivity contribution >= 4 is 22.4 Å². The first-order valence-corrected chi connectivity index (χ1v) is 11.3. The van der Waals surface area contributed by atoms with E-state index in [1.54, 1.807) is 21.3 Å². The summed E-state index contributed by atoms with van der Waals surface area (Å²) in [7, 11) is 4.76. The van der Waals surface area contributed by atoms with Gasteiger partial charge in [-0.05, 0) is 44.1 Å². The Morgan fingerprint density at radius 2 is 1.88 bits per heavy atom. The fourth-order valence-electron chi connectivity index (χ4n) is 3.92. The first kappa shape index (κ1) is 24.8. The molecule has 0 aliphatic heterocycles. The number of para-hydroxylation sites is 1. The van der Waals surface area contributed by atoms with Gasteiger partial charge in [-0.3, -0.25) is 4.79 Å². The molecule has 1 aromatic heterocycles. The molecule has 1 heterocycles. The Bertz CT molecular complexity index is 1190. The highest BCUT2D eigenvalue weighted by Gasteiger charge is 2.24. The van der Waals surface area contributed by atoms with Crippen LogP contribution < -0.4 is 5.32 Å². The minimum atomic E-state index is -0.258. The number of hydrogen-bond donors (Lipinski definition) is 1. The number of methoxy groups -OCH3 is 3. The normalized spacial score (nSPS) is 17.1. The third kappa shape index (κ3) is 5.57. The van der Waals surface area contributed by atoms with E-state index in [9.17, 15) is 4.79 Å². The van der Waals surface area contributed by atoms with Crippen molar-refractivity contribution in [1.29, 1.82) is 0 Å². The van der Waals surface area contributed by atoms with Gasteiger partial charge in [-0.25, -0.2) is 4.98 Å². The predicted molar refractivity (Wildman–Crippen MR) is 136 cm³/mol. The minimum absolute atomic E-state index is 0.177. The molecule has 6 heteroatoms. The van der Waals surface area contributed by atoms with Crippen LogP contribution in [0, 0.1) is 0 Å². The van der Waals surface area contributed by atoms with Crippen LogP contribution in [0.2, 0.25) is 0 Å². The number of benzene rings is 1. The molecule has 34 heavy (non-hydrogen) atoms. The van der Waals surface area contributed by atoms with Crippen molar-refractivity contribution in [2.24, 2.45) is 0 Å². The lowest BCUT2D eigenvalue weighted by Crippen LogP contribution is -2.34. The second-order valence-electron chi connectivity index (χ2n) is 7.72. The average molecular weight is 461 g/mol. The Hall–Kier alpha value is -3.80. The van der Waals surface area contributed by atoms with Crippen molar-refractivity contribution < 1.29 is 19.0 Å². The fraction of sp³-hybridized carbons (Fsp3) is 0.286. The SMILES string of the molecule is C\C=C/C=C\C(=C/C)c1cc(C(=O)NC2C=C(OC)C(OC)=C(OC)CC2)c2ccccc2n1. The molecule has 1 aliphatic carbocycles. The van der Waals surface area contributed by atoms with Gasteiger partial charge in [-0.15, -0.1) is 0 Å². The van der Waals surface area contributed by atoms with Crippen molar-refractivity contribution in [3.05, 3.63) is 95.3 Å². The van der Waals surface area contributed by atoms with E-state index in [0.717, 1.165) is 22.2 Å². The summed E-state index contributed by atoms with van der Waals surface area (Å²) in [5, 5.41) is 3.95. The number of carbonyl (C=O) groups is 1. The highest BCUT2D eigenvalue weighted by molar-refractivity contribution is 6.07. The van der Waals surface area contributed by atoms with Crippen molar-refractivity contribution in [2.75, 3.05) is 21.3 Å². The molecular formula is C28H32N2O4. The third-order valence-corrected chi connectivity index (χ3v) is 5.65. The number of nitrogens with one attached hydrogen (secondary N) is 1. The zero-order chi connectivity index (χ0) is 24.5. The summed E-state index contributed by atoms with van der Waals surface area (Å²) < 4.78 is 16.5. The highest BCUT2D eigenvalue weighted by atomic mass is 16.5. The van der Waals surface area contributed by atoms with Crippen LogP contribution >= 0.6 is 0 Å². The first-order valence-electron chi connectivity index (χ1n) is 11.3. The maximum Gasteiger partial charge on any atom is 0.252 e. The summed E-state index contributed by atoms with van der Waals surface area (Å²) in [6.07, 6.45) is 13.0. The van der Waals surface area contributed by atoms with Crippen LogP contribution in [0.5, 0.6) is 0 Å². The Balaban J connectivity index is 1.98. The fourth-order valence-corrected chi connectivity index (χ4v) is 3.92. The first-order chi connectivity index (χ1) is 16.6. The molecule has 0 saturated heterocycles. The zero-order valence-corrected chi connectivity index (χ0v) is 20.4. The zero-order valence-electron chi connectivity index (χ0n) is 20.4. The van der Waals surface area contributed by atoms with Gasteiger partial charge in [0.15, 0.2) is 11.5 Å². The Morgan fingerprint density at radius 3 is 2.56 bits per heavy atom. The van der Waals surface area contributed by atoms with Crippen LogP contribution in [0.25, 0.3) is 16.5 Å². The number of pyridine rings is 1. The Labute approximate surface area is 201 Å². The lowest BCUT2D eigenvalue weighted by Gasteiger charge is -2.16. The van der Waals surface area contributed by atoms with Crippen molar-refractivity contribution in [1.82, 2.24) is 10.3 Å². The molecule has 1 amide bonds. The van der Waals surface area contributed by atoms with Crippen LogP contribution in [0.1, 0.15) is 42.7 Å². The van der Waals surface area contributed by atoms with E-state index in [-0.39, 0.29) is 11.9 Å². The topological polar surface area (TPSA) is 69.7 Å². The van der Waals surface area contributed by atoms with E-state index in [1.807, 2.05) is 80.6 Å². The number of ether oxygens (including phenoxy) is 3. The molecule has 0 spiro atoms. The average Bonchev–Trinajstić information content (AvgIpc) is 3.04. The van der Waals surface area contributed by atoms with E-state index >= 15 is 0 Å². The summed E-state index contributed by atoms with van der Waals surface area (Å²) in [4.78, 5) is 18.3. The molecule has 0 bridgehead atoms. The molecule has 0 fully saturated rings. The Morgan fingerprint density at radius 1 is 1.09 bits per heavy atom. The number of carbonyl (C=O) groups excluding carboxylic acids is 1. The molecule has 6 nitrogen and oxygen atoms in total. The van der Waals surface area contributed by atoms with Crippen LogP contribution in [-0.2, 0) is 14.2 Å². The molecule has 3 rings (SSSR count). The third-order valence-electron chi connectivity index (χ3n) is 5.65. The molecule has 178 valence electrons. The van der Waals surface area contributed by atoms with Gasteiger partial charge in [-0.2, -0.15) is 0 Å². The summed E-state index contributed by atoms with van der Waals surface area (Å²) in [6.45, 7) is 3.93. The second-order valence-corrected chi connectivity index (χ2v) is 7.72. The lowest BCUT2D eigenvalue weighted by molar-refractivity contribution is 0.0943.